The lowest BCUT2D eigenvalue weighted by molar-refractivity contribution is -0.148. The van der Waals surface area contributed by atoms with Crippen LogP contribution in [0.4, 0.5) is 5.82 Å². The molecule has 11 atom stereocenters. The summed E-state index contributed by atoms with van der Waals surface area (Å²) in [5.74, 6) is -0.260. The molecule has 0 aromatic carbocycles. The van der Waals surface area contributed by atoms with Crippen LogP contribution in [0.2, 0.25) is 0 Å². The molecule has 3 aromatic rings. The fraction of sp³-hybridized carbons (Fsp3) is 0.676. The van der Waals surface area contributed by atoms with Crippen LogP contribution in [0.3, 0.4) is 0 Å². The van der Waals surface area contributed by atoms with Crippen molar-refractivity contribution in [3.8, 4) is 0 Å². The summed E-state index contributed by atoms with van der Waals surface area (Å²) in [5, 5.41) is 46.6. The number of carbonyl (C=O) groups excluding carboxylic acids is 3. The van der Waals surface area contributed by atoms with Crippen LogP contribution in [0.15, 0.2) is 18.5 Å². The number of pyridine rings is 1. The first-order chi connectivity index (χ1) is 22.6. The average Bonchev–Trinajstić information content (AvgIpc) is 3.61. The lowest BCUT2D eigenvalue weighted by Gasteiger charge is -2.58. The zero-order chi connectivity index (χ0) is 32.2. The lowest BCUT2D eigenvalue weighted by atomic mass is 9.52. The van der Waals surface area contributed by atoms with Crippen molar-refractivity contribution in [1.29, 1.82) is 0 Å². The third-order valence-corrected chi connectivity index (χ3v) is 12.8. The normalized spacial score (nSPS) is 38.6. The van der Waals surface area contributed by atoms with E-state index in [9.17, 15) is 29.7 Å². The van der Waals surface area contributed by atoms with Crippen LogP contribution in [0, 0.1) is 35.5 Å². The van der Waals surface area contributed by atoms with Gasteiger partial charge in [0.1, 0.15) is 11.7 Å². The molecule has 13 nitrogen and oxygen atoms in total. The van der Waals surface area contributed by atoms with Gasteiger partial charge in [-0.3, -0.25) is 19.1 Å². The van der Waals surface area contributed by atoms with E-state index in [-0.39, 0.29) is 54.6 Å². The van der Waals surface area contributed by atoms with Gasteiger partial charge in [-0.1, -0.05) is 0 Å². The molecule has 8 saturated carbocycles. The standard InChI is InChI=1S/C34H43N7O6/c42-4-2-24(30(43)38-25-18-5-16-6-19(25)12-33(46,9-16)11-18)37-31(44)32(45)39-29-23-15-36-28-22(1-3-35-28)27(23)41(40-29)26-20-7-17-8-21(26)14-34(47,10-17)13-20/h1,3,15-21,24-26,42,46-47H,2,4-14H2,(H,35,36)(H,37,44)(H,38,43)(H,39,40,45)/t16?,17?,18-,19+,20-,21+,24?,25+,26+,33-,34-. The molecule has 7 N–H and O–H groups in total. The Balaban J connectivity index is 0.945. The Morgan fingerprint density at radius 1 is 0.915 bits per heavy atom. The van der Waals surface area contributed by atoms with E-state index in [4.69, 9.17) is 5.10 Å². The van der Waals surface area contributed by atoms with Crippen LogP contribution in [0.5, 0.6) is 0 Å². The molecule has 0 radical (unpaired) electrons. The number of hydrogen-bond donors (Lipinski definition) is 7. The van der Waals surface area contributed by atoms with Crippen LogP contribution in [0.1, 0.15) is 76.7 Å². The smallest absolute Gasteiger partial charge is 0.314 e. The van der Waals surface area contributed by atoms with Gasteiger partial charge in [0, 0.05) is 30.4 Å². The summed E-state index contributed by atoms with van der Waals surface area (Å²) in [7, 11) is 0. The Hall–Kier alpha value is -3.55. The predicted molar refractivity (Wildman–Crippen MR) is 170 cm³/mol. The number of aromatic amines is 1. The van der Waals surface area contributed by atoms with Crippen LogP contribution in [-0.2, 0) is 14.4 Å². The summed E-state index contributed by atoms with van der Waals surface area (Å²) in [5.41, 5.74) is 0.285. The molecule has 3 heterocycles. The van der Waals surface area contributed by atoms with Gasteiger partial charge in [-0.05, 0) is 112 Å². The first kappa shape index (κ1) is 29.6. The van der Waals surface area contributed by atoms with Crippen LogP contribution >= 0.6 is 0 Å². The van der Waals surface area contributed by atoms with Crippen molar-refractivity contribution in [1.82, 2.24) is 30.4 Å². The number of nitrogens with one attached hydrogen (secondary N) is 4. The molecular formula is C34H43N7O6. The number of carbonyl (C=O) groups is 3. The van der Waals surface area contributed by atoms with Gasteiger partial charge in [0.2, 0.25) is 5.91 Å². The summed E-state index contributed by atoms with van der Waals surface area (Å²) < 4.78 is 2.00. The molecule has 11 rings (SSSR count). The van der Waals surface area contributed by atoms with Crippen molar-refractivity contribution in [2.45, 2.75) is 100.0 Å². The number of rotatable bonds is 7. The summed E-state index contributed by atoms with van der Waals surface area (Å²) in [6.07, 6.45) is 11.9. The second-order valence-corrected chi connectivity index (χ2v) is 16.0. The fourth-order valence-electron chi connectivity index (χ4n) is 11.6. The first-order valence-electron chi connectivity index (χ1n) is 17.4. The Bertz CT molecular complexity index is 1750. The van der Waals surface area contributed by atoms with E-state index in [1.165, 1.54) is 0 Å². The van der Waals surface area contributed by atoms with Crippen LogP contribution in [-0.4, -0.2) is 82.7 Å². The van der Waals surface area contributed by atoms with E-state index in [1.54, 1.807) is 6.20 Å². The zero-order valence-corrected chi connectivity index (χ0v) is 26.3. The second kappa shape index (κ2) is 10.5. The predicted octanol–water partition coefficient (Wildman–Crippen LogP) is 1.89. The van der Waals surface area contributed by atoms with E-state index in [2.05, 4.69) is 25.9 Å². The van der Waals surface area contributed by atoms with Gasteiger partial charge in [0.15, 0.2) is 5.82 Å². The Labute approximate surface area is 271 Å². The quantitative estimate of drug-likeness (QED) is 0.189. The number of amides is 3. The van der Waals surface area contributed by atoms with Crippen molar-refractivity contribution in [3.63, 3.8) is 0 Å². The number of aliphatic hydroxyl groups excluding tert-OH is 1. The molecule has 0 aliphatic heterocycles. The van der Waals surface area contributed by atoms with Crippen molar-refractivity contribution in [3.05, 3.63) is 18.5 Å². The third kappa shape index (κ3) is 4.79. The van der Waals surface area contributed by atoms with E-state index >= 15 is 0 Å². The van der Waals surface area contributed by atoms with Gasteiger partial charge in [-0.25, -0.2) is 4.98 Å². The maximum absolute atomic E-state index is 13.4. The van der Waals surface area contributed by atoms with Gasteiger partial charge in [0.05, 0.1) is 28.1 Å². The van der Waals surface area contributed by atoms with Crippen LogP contribution < -0.4 is 16.0 Å². The average molecular weight is 646 g/mol. The van der Waals surface area contributed by atoms with Crippen LogP contribution in [0.25, 0.3) is 21.9 Å². The number of H-pyrrole nitrogens is 1. The molecule has 47 heavy (non-hydrogen) atoms. The van der Waals surface area contributed by atoms with Gasteiger partial charge < -0.3 is 36.3 Å². The molecule has 8 fully saturated rings. The molecule has 0 spiro atoms. The number of anilines is 1. The van der Waals surface area contributed by atoms with E-state index in [0.29, 0.717) is 35.7 Å². The molecule has 3 aromatic heterocycles. The number of aromatic nitrogens is 4. The highest BCUT2D eigenvalue weighted by Crippen LogP contribution is 2.60. The molecule has 3 amide bonds. The van der Waals surface area contributed by atoms with Gasteiger partial charge in [0.25, 0.3) is 0 Å². The molecule has 8 bridgehead atoms. The van der Waals surface area contributed by atoms with E-state index < -0.39 is 35.0 Å². The molecule has 8 aliphatic carbocycles. The molecule has 250 valence electrons. The highest BCUT2D eigenvalue weighted by Gasteiger charge is 2.57. The second-order valence-electron chi connectivity index (χ2n) is 16.0. The van der Waals surface area contributed by atoms with E-state index in [1.807, 2.05) is 16.9 Å². The number of nitrogens with zero attached hydrogens (tertiary/aromatic N) is 3. The Morgan fingerprint density at radius 3 is 2.19 bits per heavy atom. The summed E-state index contributed by atoms with van der Waals surface area (Å²) >= 11 is 0. The van der Waals surface area contributed by atoms with Gasteiger partial charge >= 0.3 is 11.8 Å². The highest BCUT2D eigenvalue weighted by molar-refractivity contribution is 6.40. The topological polar surface area (TPSA) is 194 Å². The minimum absolute atomic E-state index is 0.0375. The highest BCUT2D eigenvalue weighted by atomic mass is 16.3. The van der Waals surface area contributed by atoms with Crippen molar-refractivity contribution < 1.29 is 29.7 Å². The van der Waals surface area contributed by atoms with Gasteiger partial charge in [-0.15, -0.1) is 0 Å². The summed E-state index contributed by atoms with van der Waals surface area (Å²) in [4.78, 5) is 47.8. The minimum atomic E-state index is -1.09. The molecule has 3 unspecified atom stereocenters. The first-order valence-corrected chi connectivity index (χ1v) is 17.4. The van der Waals surface area contributed by atoms with Crippen molar-refractivity contribution in [2.75, 3.05) is 11.9 Å². The molecular weight excluding hydrogens is 602 g/mol. The molecule has 13 heteroatoms. The van der Waals surface area contributed by atoms with Crippen molar-refractivity contribution in [2.24, 2.45) is 35.5 Å². The SMILES string of the molecule is O=C(Nc1nn([C@H]2[C@@H]3CC4C[C@H]2C[C@@](O)(C4)C3)c2c1cnc1[nH]ccc12)C(=O)NC(CCO)C(=O)N[C@H]1[C@@H]2CC3C[C@H]1C[C@@](O)(C3)C2. The maximum atomic E-state index is 13.4. The minimum Gasteiger partial charge on any atom is -0.396 e. The molecule has 8 aliphatic rings. The van der Waals surface area contributed by atoms with Crippen molar-refractivity contribution >= 4 is 45.5 Å². The maximum Gasteiger partial charge on any atom is 0.314 e. The summed E-state index contributed by atoms with van der Waals surface area (Å²) in [6.45, 7) is -0.341. The fourth-order valence-corrected chi connectivity index (χ4v) is 11.6. The number of hydrogen-bond acceptors (Lipinski definition) is 8. The monoisotopic (exact) mass is 645 g/mol. The molecule has 0 saturated heterocycles. The zero-order valence-electron chi connectivity index (χ0n) is 26.3. The Kier molecular flexibility index (Phi) is 6.59. The summed E-state index contributed by atoms with van der Waals surface area (Å²) in [6, 6.07) is 0.808. The Morgan fingerprint density at radius 2 is 1.55 bits per heavy atom. The third-order valence-electron chi connectivity index (χ3n) is 12.8. The van der Waals surface area contributed by atoms with E-state index in [0.717, 1.165) is 62.3 Å². The van der Waals surface area contributed by atoms with Gasteiger partial charge in [-0.2, -0.15) is 5.10 Å². The number of fused-ring (bicyclic) bond motifs is 3. The number of aliphatic hydroxyl groups is 3. The largest absolute Gasteiger partial charge is 0.396 e. The lowest BCUT2D eigenvalue weighted by Crippen LogP contribution is -2.63.